The van der Waals surface area contributed by atoms with Crippen LogP contribution in [0.4, 0.5) is 10.5 Å². The Hall–Kier alpha value is -3.79. The Labute approximate surface area is 189 Å². The van der Waals surface area contributed by atoms with E-state index in [4.69, 9.17) is 11.6 Å². The molecule has 1 heterocycles. The zero-order valence-corrected chi connectivity index (χ0v) is 18.2. The number of hydrogen-bond acceptors (Lipinski definition) is 7. The number of anilines is 1. The van der Waals surface area contributed by atoms with Gasteiger partial charge in [0.25, 0.3) is 11.1 Å². The van der Waals surface area contributed by atoms with Gasteiger partial charge in [-0.2, -0.15) is 5.10 Å². The third kappa shape index (κ3) is 5.27. The summed E-state index contributed by atoms with van der Waals surface area (Å²) < 4.78 is 0. The topological polar surface area (TPSA) is 151 Å². The van der Waals surface area contributed by atoms with Crippen LogP contribution < -0.4 is 16.9 Å². The Kier molecular flexibility index (Phi) is 7.16. The number of amides is 3. The van der Waals surface area contributed by atoms with Crippen molar-refractivity contribution in [2.75, 3.05) is 11.9 Å². The normalized spacial score (nSPS) is 15.5. The van der Waals surface area contributed by atoms with E-state index in [0.29, 0.717) is 28.8 Å². The predicted octanol–water partition coefficient (Wildman–Crippen LogP) is 2.73. The van der Waals surface area contributed by atoms with Gasteiger partial charge in [-0.25, -0.2) is 0 Å². The van der Waals surface area contributed by atoms with Gasteiger partial charge in [0, 0.05) is 29.8 Å². The Morgan fingerprint density at radius 1 is 1.22 bits per heavy atom. The number of phenols is 1. The molecule has 9 nitrogen and oxygen atoms in total. The van der Waals surface area contributed by atoms with Crippen LogP contribution in [-0.4, -0.2) is 39.4 Å². The number of benzene rings is 2. The van der Waals surface area contributed by atoms with Gasteiger partial charge in [0.1, 0.15) is 11.6 Å². The average Bonchev–Trinajstić information content (AvgIpc) is 3.04. The maximum Gasteiger partial charge on any atom is 0.293 e. The molecule has 0 bridgehead atoms. The van der Waals surface area contributed by atoms with Crippen molar-refractivity contribution in [1.29, 1.82) is 0 Å². The molecule has 0 aromatic heterocycles. The van der Waals surface area contributed by atoms with E-state index in [9.17, 15) is 19.5 Å². The van der Waals surface area contributed by atoms with Crippen molar-refractivity contribution in [3.63, 3.8) is 0 Å². The first-order valence-corrected chi connectivity index (χ1v) is 10.6. The number of aryl methyl sites for hydroxylation is 1. The number of para-hydroxylation sites is 1. The lowest BCUT2D eigenvalue weighted by Gasteiger charge is -2.12. The number of hydrazone groups is 1. The van der Waals surface area contributed by atoms with E-state index in [1.165, 1.54) is 6.08 Å². The van der Waals surface area contributed by atoms with Crippen molar-refractivity contribution in [3.05, 3.63) is 64.1 Å². The highest BCUT2D eigenvalue weighted by Crippen LogP contribution is 2.34. The van der Waals surface area contributed by atoms with E-state index >= 15 is 0 Å². The highest BCUT2D eigenvalue weighted by atomic mass is 32.2. The molecule has 1 saturated heterocycles. The fraction of sp³-hybridized carbons (Fsp3) is 0.182. The van der Waals surface area contributed by atoms with Crippen LogP contribution in [0.15, 0.2) is 52.5 Å². The highest BCUT2D eigenvalue weighted by Gasteiger charge is 2.34. The largest absolute Gasteiger partial charge is 0.507 e. The van der Waals surface area contributed by atoms with Gasteiger partial charge in [-0.05, 0) is 61.0 Å². The first kappa shape index (κ1) is 22.9. The minimum Gasteiger partial charge on any atom is -0.507 e. The van der Waals surface area contributed by atoms with Crippen LogP contribution in [0.25, 0.3) is 6.08 Å². The van der Waals surface area contributed by atoms with Crippen LogP contribution in [-0.2, 0) is 9.59 Å². The van der Waals surface area contributed by atoms with Gasteiger partial charge < -0.3 is 22.0 Å². The summed E-state index contributed by atoms with van der Waals surface area (Å²) in [6.45, 7) is 1.87. The van der Waals surface area contributed by atoms with Crippen LogP contribution in [0.1, 0.15) is 29.5 Å². The zero-order chi connectivity index (χ0) is 23.3. The Balaban J connectivity index is 1.54. The Morgan fingerprint density at radius 3 is 2.62 bits per heavy atom. The Bertz CT molecular complexity index is 1110. The molecule has 0 atom stereocenters. The van der Waals surface area contributed by atoms with Gasteiger partial charge in [0.05, 0.1) is 4.91 Å². The van der Waals surface area contributed by atoms with Crippen LogP contribution in [0.5, 0.6) is 5.75 Å². The first-order chi connectivity index (χ1) is 15.3. The molecule has 2 aromatic carbocycles. The standard InChI is InChI=1S/C22H23N5O4S/c1-13-4-2-5-15(19(13)29)12-17-21(30)27(22(31)32-17)11-3-6-18(28)25-16-9-7-14(8-10-16)20(23)26-24/h2,4-5,7-10,12,29H,3,6,11,24H2,1H3,(H2,23,26)(H,25,28)/b17-12-. The number of amidine groups is 1. The van der Waals surface area contributed by atoms with Crippen molar-refractivity contribution in [2.45, 2.75) is 19.8 Å². The third-order valence-corrected chi connectivity index (χ3v) is 5.73. The van der Waals surface area contributed by atoms with Gasteiger partial charge >= 0.3 is 0 Å². The van der Waals surface area contributed by atoms with Crippen molar-refractivity contribution >= 4 is 46.4 Å². The maximum atomic E-state index is 12.6. The summed E-state index contributed by atoms with van der Waals surface area (Å²) >= 11 is 0.816. The number of nitrogens with zero attached hydrogens (tertiary/aromatic N) is 2. The molecule has 0 radical (unpaired) electrons. The number of imide groups is 1. The lowest BCUT2D eigenvalue weighted by molar-refractivity contribution is -0.123. The molecule has 0 aliphatic carbocycles. The van der Waals surface area contributed by atoms with Crippen LogP contribution in [0.3, 0.4) is 0 Å². The number of phenolic OH excluding ortho intramolecular Hbond substituents is 1. The van der Waals surface area contributed by atoms with Crippen molar-refractivity contribution in [2.24, 2.45) is 16.7 Å². The second-order valence-electron chi connectivity index (χ2n) is 7.09. The molecule has 0 spiro atoms. The fourth-order valence-electron chi connectivity index (χ4n) is 3.05. The lowest BCUT2D eigenvalue weighted by atomic mass is 10.1. The molecule has 166 valence electrons. The summed E-state index contributed by atoms with van der Waals surface area (Å²) in [4.78, 5) is 38.4. The number of carbonyl (C=O) groups is 3. The monoisotopic (exact) mass is 453 g/mol. The van der Waals surface area contributed by atoms with E-state index < -0.39 is 11.1 Å². The summed E-state index contributed by atoms with van der Waals surface area (Å²) in [5.41, 5.74) is 7.98. The second-order valence-corrected chi connectivity index (χ2v) is 8.08. The van der Waals surface area contributed by atoms with E-state index in [0.717, 1.165) is 16.7 Å². The summed E-state index contributed by atoms with van der Waals surface area (Å²) in [6.07, 6.45) is 1.96. The molecule has 2 aromatic rings. The van der Waals surface area contributed by atoms with Crippen LogP contribution in [0, 0.1) is 6.92 Å². The molecule has 32 heavy (non-hydrogen) atoms. The molecule has 1 aliphatic rings. The average molecular weight is 454 g/mol. The number of hydrogen-bond donors (Lipinski definition) is 4. The number of carbonyl (C=O) groups excluding carboxylic acids is 3. The van der Waals surface area contributed by atoms with Gasteiger partial charge in [-0.1, -0.05) is 18.2 Å². The number of thioether (sulfide) groups is 1. The molecular weight excluding hydrogens is 430 g/mol. The maximum absolute atomic E-state index is 12.6. The molecule has 1 fully saturated rings. The lowest BCUT2D eigenvalue weighted by Crippen LogP contribution is -2.29. The van der Waals surface area contributed by atoms with E-state index in [1.807, 2.05) is 0 Å². The van der Waals surface area contributed by atoms with Crippen molar-refractivity contribution in [3.8, 4) is 5.75 Å². The SMILES string of the molecule is Cc1cccc(/C=C2\SC(=O)N(CCCC(=O)Nc3ccc(/C(N)=N/N)cc3)C2=O)c1O. The minimum atomic E-state index is -0.434. The molecule has 10 heteroatoms. The summed E-state index contributed by atoms with van der Waals surface area (Å²) in [7, 11) is 0. The van der Waals surface area contributed by atoms with Crippen molar-refractivity contribution in [1.82, 2.24) is 4.90 Å². The highest BCUT2D eigenvalue weighted by molar-refractivity contribution is 8.18. The van der Waals surface area contributed by atoms with Crippen LogP contribution >= 0.6 is 11.8 Å². The third-order valence-electron chi connectivity index (χ3n) is 4.82. The molecule has 0 saturated carbocycles. The van der Waals surface area contributed by atoms with E-state index in [1.54, 1.807) is 49.4 Å². The van der Waals surface area contributed by atoms with Gasteiger partial charge in [0.2, 0.25) is 5.91 Å². The first-order valence-electron chi connectivity index (χ1n) is 9.77. The van der Waals surface area contributed by atoms with Gasteiger partial charge in [-0.15, -0.1) is 0 Å². The number of nitrogens with two attached hydrogens (primary N) is 2. The molecule has 6 N–H and O–H groups in total. The number of rotatable bonds is 7. The minimum absolute atomic E-state index is 0.0713. The van der Waals surface area contributed by atoms with Gasteiger partial charge in [-0.3, -0.25) is 19.3 Å². The smallest absolute Gasteiger partial charge is 0.293 e. The molecule has 1 aliphatic heterocycles. The second kappa shape index (κ2) is 10.0. The zero-order valence-electron chi connectivity index (χ0n) is 17.4. The van der Waals surface area contributed by atoms with Crippen molar-refractivity contribution < 1.29 is 19.5 Å². The Morgan fingerprint density at radius 2 is 1.94 bits per heavy atom. The summed E-state index contributed by atoms with van der Waals surface area (Å²) in [6, 6.07) is 11.9. The predicted molar refractivity (Wildman–Crippen MR) is 125 cm³/mol. The number of aromatic hydroxyl groups is 1. The molecule has 0 unspecified atom stereocenters. The summed E-state index contributed by atoms with van der Waals surface area (Å²) in [5, 5.41) is 15.9. The molecule has 3 amide bonds. The van der Waals surface area contributed by atoms with E-state index in [-0.39, 0.29) is 35.4 Å². The molecule has 3 rings (SSSR count). The molecular formula is C22H23N5O4S. The van der Waals surface area contributed by atoms with Gasteiger partial charge in [0.15, 0.2) is 0 Å². The van der Waals surface area contributed by atoms with E-state index in [2.05, 4.69) is 10.4 Å². The number of nitrogens with one attached hydrogen (secondary N) is 1. The fourth-order valence-corrected chi connectivity index (χ4v) is 3.91. The quantitative estimate of drug-likeness (QED) is 0.165. The van der Waals surface area contributed by atoms with Crippen LogP contribution in [0.2, 0.25) is 0 Å². The summed E-state index contributed by atoms with van der Waals surface area (Å²) in [5.74, 6) is 4.71.